The lowest BCUT2D eigenvalue weighted by atomic mass is 10.1. The minimum atomic E-state index is -2.45. The third-order valence-corrected chi connectivity index (χ3v) is 11.5. The first-order chi connectivity index (χ1) is 29.6. The predicted octanol–water partition coefficient (Wildman–Crippen LogP) is 5.01. The maximum atomic E-state index is 15.5. The SMILES string of the molecule is CC1(C)OC2[C@H](n3cnc4c(NC(=O)c5ccccc5)ncnc43)O[C@](F)(CI)[C@@H]2O1.CC1(C)OC2[C@H](n3cnc4c(NC(=O)c5ccccc5)ncnc43)O[C@](F)(CO)[C@@H]2O1. The summed E-state index contributed by atoms with van der Waals surface area (Å²) >= 11 is 1.93. The zero-order valence-corrected chi connectivity index (χ0v) is 35.5. The number of halogens is 3. The lowest BCUT2D eigenvalue weighted by molar-refractivity contribution is -0.264. The molecule has 2 unspecified atom stereocenters. The fourth-order valence-corrected chi connectivity index (χ4v) is 8.41. The first-order valence-corrected chi connectivity index (χ1v) is 20.8. The number of ether oxygens (including phenoxy) is 6. The third-order valence-electron chi connectivity index (χ3n) is 10.5. The van der Waals surface area contributed by atoms with Gasteiger partial charge >= 0.3 is 0 Å². The molecule has 2 amide bonds. The highest BCUT2D eigenvalue weighted by Gasteiger charge is 2.65. The second-order valence-corrected chi connectivity index (χ2v) is 16.4. The summed E-state index contributed by atoms with van der Waals surface area (Å²) in [6, 6.07) is 17.4. The van der Waals surface area contributed by atoms with Crippen molar-refractivity contribution in [2.75, 3.05) is 21.7 Å². The summed E-state index contributed by atoms with van der Waals surface area (Å²) in [6.45, 7) is 5.89. The van der Waals surface area contributed by atoms with Crippen LogP contribution in [0.3, 0.4) is 0 Å². The Balaban J connectivity index is 0.000000158. The Morgan fingerprint density at radius 1 is 0.645 bits per heavy atom. The number of amides is 2. The van der Waals surface area contributed by atoms with Crippen LogP contribution in [0.5, 0.6) is 0 Å². The van der Waals surface area contributed by atoms with Crippen LogP contribution >= 0.6 is 22.6 Å². The van der Waals surface area contributed by atoms with Crippen molar-refractivity contribution >= 4 is 68.4 Å². The van der Waals surface area contributed by atoms with Crippen LogP contribution in [0.2, 0.25) is 0 Å². The van der Waals surface area contributed by atoms with Crippen molar-refractivity contribution in [3.8, 4) is 0 Å². The first-order valence-electron chi connectivity index (χ1n) is 19.3. The van der Waals surface area contributed by atoms with E-state index in [9.17, 15) is 14.7 Å². The number of hydrogen-bond acceptors (Lipinski definition) is 15. The van der Waals surface area contributed by atoms with Crippen LogP contribution in [-0.4, -0.2) is 115 Å². The maximum Gasteiger partial charge on any atom is 0.263 e. The number of aliphatic hydroxyl groups is 1. The number of rotatable bonds is 8. The van der Waals surface area contributed by atoms with E-state index in [0.29, 0.717) is 33.5 Å². The van der Waals surface area contributed by atoms with Gasteiger partial charge in [0.05, 0.1) is 17.1 Å². The standard InChI is InChI=1S/C20H19FIN5O4.C20H20FN5O5/c1-19(2)29-13-14(30-19)20(21,8-22)31-18(13)27-10-25-12-15(23-9-24-16(12)27)26-17(28)11-6-4-3-5-7-11;1-19(2)29-13-14(30-19)20(21,8-27)31-18(13)26-10-24-12-15(22-9-23-16(12)26)25-17(28)11-6-4-3-5-7-11/h3-7,9-10,13-14,18H,8H2,1-2H3,(H,23,24,26,28);3-7,9-10,13-14,18,27H,8H2,1-2H3,(H,22,23,25,28)/t2*13?,14-,18-,20-/m11/s1. The molecule has 4 aromatic heterocycles. The Hall–Kier alpha value is -5.21. The molecule has 8 atom stereocenters. The van der Waals surface area contributed by atoms with E-state index in [1.165, 1.54) is 29.9 Å². The molecule has 22 heteroatoms. The molecule has 0 bridgehead atoms. The van der Waals surface area contributed by atoms with Gasteiger partial charge in [0, 0.05) is 11.1 Å². The highest BCUT2D eigenvalue weighted by atomic mass is 127. The molecule has 4 saturated heterocycles. The van der Waals surface area contributed by atoms with Crippen molar-refractivity contribution in [3.05, 3.63) is 97.1 Å². The Morgan fingerprint density at radius 2 is 1.06 bits per heavy atom. The van der Waals surface area contributed by atoms with Gasteiger partial charge in [-0.15, -0.1) is 0 Å². The normalized spacial score (nSPS) is 29.2. The highest BCUT2D eigenvalue weighted by Crippen LogP contribution is 2.51. The van der Waals surface area contributed by atoms with E-state index < -0.39 is 66.8 Å². The molecular formula is C40H39F2IN10O9. The van der Waals surface area contributed by atoms with E-state index in [0.717, 1.165) is 0 Å². The highest BCUT2D eigenvalue weighted by molar-refractivity contribution is 14.1. The number of anilines is 2. The van der Waals surface area contributed by atoms with Gasteiger partial charge in [0.25, 0.3) is 17.7 Å². The summed E-state index contributed by atoms with van der Waals surface area (Å²) in [4.78, 5) is 50.5. The van der Waals surface area contributed by atoms with Gasteiger partial charge in [0.2, 0.25) is 5.85 Å². The summed E-state index contributed by atoms with van der Waals surface area (Å²) in [5.74, 6) is -6.69. The molecule has 324 valence electrons. The zero-order valence-electron chi connectivity index (χ0n) is 33.4. The molecule has 8 heterocycles. The molecule has 0 aliphatic carbocycles. The van der Waals surface area contributed by atoms with E-state index in [-0.39, 0.29) is 27.9 Å². The number of carbonyl (C=O) groups is 2. The number of fused-ring (bicyclic) bond motifs is 4. The molecule has 4 fully saturated rings. The van der Waals surface area contributed by atoms with Gasteiger partial charge < -0.3 is 44.2 Å². The van der Waals surface area contributed by atoms with E-state index in [2.05, 4.69) is 40.5 Å². The molecular weight excluding hydrogens is 929 g/mol. The molecule has 10 rings (SSSR count). The number of aliphatic hydroxyl groups excluding tert-OH is 1. The van der Waals surface area contributed by atoms with Gasteiger partial charge in [-0.1, -0.05) is 59.0 Å². The van der Waals surface area contributed by atoms with E-state index >= 15 is 8.78 Å². The molecule has 19 nitrogen and oxygen atoms in total. The summed E-state index contributed by atoms with van der Waals surface area (Å²) in [6.07, 6.45) is 0.0547. The maximum absolute atomic E-state index is 15.5. The van der Waals surface area contributed by atoms with Crippen LogP contribution in [0.25, 0.3) is 22.3 Å². The monoisotopic (exact) mass is 968 g/mol. The molecule has 3 N–H and O–H groups in total. The van der Waals surface area contributed by atoms with Gasteiger partial charge in [-0.3, -0.25) is 18.7 Å². The van der Waals surface area contributed by atoms with Crippen molar-refractivity contribution in [1.82, 2.24) is 39.0 Å². The minimum Gasteiger partial charge on any atom is -0.390 e. The van der Waals surface area contributed by atoms with Gasteiger partial charge in [0.15, 0.2) is 70.2 Å². The summed E-state index contributed by atoms with van der Waals surface area (Å²) in [5, 5.41) is 15.1. The Labute approximate surface area is 364 Å². The van der Waals surface area contributed by atoms with Gasteiger partial charge in [-0.05, 0) is 52.0 Å². The van der Waals surface area contributed by atoms with E-state index in [4.69, 9.17) is 28.4 Å². The van der Waals surface area contributed by atoms with Crippen LogP contribution in [0.15, 0.2) is 86.0 Å². The summed E-state index contributed by atoms with van der Waals surface area (Å²) < 4.78 is 68.3. The fraction of sp³-hybridized carbons (Fsp3) is 0.400. The lowest BCUT2D eigenvalue weighted by Crippen LogP contribution is -2.42. The molecule has 62 heavy (non-hydrogen) atoms. The number of aromatic nitrogens is 8. The zero-order chi connectivity index (χ0) is 43.6. The number of nitrogens with one attached hydrogen (secondary N) is 2. The number of imidazole rings is 2. The number of alkyl halides is 3. The van der Waals surface area contributed by atoms with Crippen LogP contribution in [0, 0.1) is 0 Å². The molecule has 0 spiro atoms. The summed E-state index contributed by atoms with van der Waals surface area (Å²) in [5.41, 5.74) is 2.28. The van der Waals surface area contributed by atoms with Gasteiger partial charge in [-0.25, -0.2) is 38.7 Å². The molecule has 6 aromatic rings. The predicted molar refractivity (Wildman–Crippen MR) is 221 cm³/mol. The van der Waals surface area contributed by atoms with Gasteiger partial charge in [-0.2, -0.15) is 0 Å². The van der Waals surface area contributed by atoms with E-state index in [1.807, 2.05) is 34.7 Å². The number of nitrogens with zero attached hydrogens (tertiary/aromatic N) is 8. The Kier molecular flexibility index (Phi) is 10.8. The van der Waals surface area contributed by atoms with Crippen LogP contribution < -0.4 is 10.6 Å². The first kappa shape index (κ1) is 42.1. The third kappa shape index (κ3) is 7.56. The Morgan fingerprint density at radius 3 is 1.48 bits per heavy atom. The van der Waals surface area contributed by atoms with Crippen molar-refractivity contribution in [2.24, 2.45) is 0 Å². The molecule has 2 aromatic carbocycles. The quantitative estimate of drug-likeness (QED) is 0.135. The molecule has 0 radical (unpaired) electrons. The second-order valence-electron chi connectivity index (χ2n) is 15.7. The number of benzene rings is 2. The Bertz CT molecular complexity index is 2460. The fourth-order valence-electron chi connectivity index (χ4n) is 7.79. The second kappa shape index (κ2) is 15.9. The topological polar surface area (TPSA) is 221 Å². The smallest absolute Gasteiger partial charge is 0.263 e. The number of hydrogen-bond donors (Lipinski definition) is 3. The molecule has 4 aliphatic heterocycles. The average molecular weight is 969 g/mol. The number of carbonyl (C=O) groups excluding carboxylic acids is 2. The van der Waals surface area contributed by atoms with E-state index in [1.54, 1.807) is 80.8 Å². The van der Waals surface area contributed by atoms with Crippen molar-refractivity contribution in [3.63, 3.8) is 0 Å². The summed E-state index contributed by atoms with van der Waals surface area (Å²) in [7, 11) is 0. The van der Waals surface area contributed by atoms with Crippen molar-refractivity contribution < 1.29 is 51.9 Å². The molecule has 0 saturated carbocycles. The van der Waals surface area contributed by atoms with Crippen molar-refractivity contribution in [2.45, 2.75) is 87.9 Å². The van der Waals surface area contributed by atoms with Crippen LogP contribution in [0.4, 0.5) is 20.4 Å². The molecule has 4 aliphatic rings. The average Bonchev–Trinajstić information content (AvgIpc) is 4.11. The van der Waals surface area contributed by atoms with Crippen LogP contribution in [-0.2, 0) is 28.4 Å². The largest absolute Gasteiger partial charge is 0.390 e. The van der Waals surface area contributed by atoms with Gasteiger partial charge in [0.1, 0.15) is 31.5 Å². The van der Waals surface area contributed by atoms with Crippen LogP contribution in [0.1, 0.15) is 60.9 Å². The lowest BCUT2D eigenvalue weighted by Gasteiger charge is -2.27. The van der Waals surface area contributed by atoms with Crippen molar-refractivity contribution in [1.29, 1.82) is 0 Å². The minimum absolute atomic E-state index is 0.0713.